The molecule has 2 heterocycles. The molecule has 2 unspecified atom stereocenters. The van der Waals surface area contributed by atoms with Gasteiger partial charge in [-0.1, -0.05) is 25.1 Å². The highest BCUT2D eigenvalue weighted by atomic mass is 32.2. The fourth-order valence-electron chi connectivity index (χ4n) is 4.63. The second-order valence-electron chi connectivity index (χ2n) is 8.74. The molecule has 2 aliphatic rings. The maximum Gasteiger partial charge on any atom is 0.265 e. The van der Waals surface area contributed by atoms with E-state index in [1.807, 2.05) is 44.2 Å². The number of rotatable bonds is 6. The van der Waals surface area contributed by atoms with Gasteiger partial charge in [0.2, 0.25) is 15.9 Å². The molecule has 1 N–H and O–H groups in total. The SMILES string of the molecule is CCC1Oc2cc(S(=O)(=O)N3CCCC(C(=O)N(CC)c4ccccc4)C3)c(C)cc2NC1=O. The Kier molecular flexibility index (Phi) is 6.95. The number of anilines is 2. The van der Waals surface area contributed by atoms with Crippen LogP contribution < -0.4 is 15.0 Å². The summed E-state index contributed by atoms with van der Waals surface area (Å²) < 4.78 is 34.5. The Morgan fingerprint density at radius 1 is 1.21 bits per heavy atom. The monoisotopic (exact) mass is 485 g/mol. The summed E-state index contributed by atoms with van der Waals surface area (Å²) in [6.07, 6.45) is 1.08. The maximum absolute atomic E-state index is 13.6. The van der Waals surface area contributed by atoms with Crippen molar-refractivity contribution in [3.05, 3.63) is 48.0 Å². The molecule has 8 nitrogen and oxygen atoms in total. The van der Waals surface area contributed by atoms with Gasteiger partial charge in [0.1, 0.15) is 5.75 Å². The van der Waals surface area contributed by atoms with Gasteiger partial charge in [-0.05, 0) is 56.9 Å². The van der Waals surface area contributed by atoms with E-state index in [-0.39, 0.29) is 23.3 Å². The van der Waals surface area contributed by atoms with Gasteiger partial charge >= 0.3 is 0 Å². The molecule has 1 saturated heterocycles. The molecule has 182 valence electrons. The number of hydrogen-bond acceptors (Lipinski definition) is 5. The minimum absolute atomic E-state index is 0.0624. The number of ether oxygens (including phenoxy) is 1. The Bertz CT molecular complexity index is 1180. The number of carbonyl (C=O) groups excluding carboxylic acids is 2. The molecule has 0 radical (unpaired) electrons. The summed E-state index contributed by atoms with van der Waals surface area (Å²) in [7, 11) is -3.86. The van der Waals surface area contributed by atoms with Crippen molar-refractivity contribution in [2.24, 2.45) is 5.92 Å². The van der Waals surface area contributed by atoms with Crippen LogP contribution >= 0.6 is 0 Å². The van der Waals surface area contributed by atoms with Crippen LogP contribution in [0.4, 0.5) is 11.4 Å². The number of benzene rings is 2. The topological polar surface area (TPSA) is 96.0 Å². The molecule has 2 atom stereocenters. The van der Waals surface area contributed by atoms with E-state index in [9.17, 15) is 18.0 Å². The van der Waals surface area contributed by atoms with Crippen LogP contribution in [0, 0.1) is 12.8 Å². The van der Waals surface area contributed by atoms with Crippen LogP contribution in [0.5, 0.6) is 5.75 Å². The van der Waals surface area contributed by atoms with Crippen LogP contribution in [0.25, 0.3) is 0 Å². The molecule has 0 aromatic heterocycles. The lowest BCUT2D eigenvalue weighted by Gasteiger charge is -2.34. The van der Waals surface area contributed by atoms with Crippen molar-refractivity contribution in [3.63, 3.8) is 0 Å². The molecule has 0 spiro atoms. The minimum Gasteiger partial charge on any atom is -0.478 e. The number of amides is 2. The first kappa shape index (κ1) is 24.2. The number of sulfonamides is 1. The maximum atomic E-state index is 13.6. The fraction of sp³-hybridized carbons (Fsp3) is 0.440. The minimum atomic E-state index is -3.86. The lowest BCUT2D eigenvalue weighted by Crippen LogP contribution is -2.47. The van der Waals surface area contributed by atoms with Crippen LogP contribution in [-0.2, 0) is 19.6 Å². The Morgan fingerprint density at radius 3 is 2.62 bits per heavy atom. The summed E-state index contributed by atoms with van der Waals surface area (Å²) in [5.41, 5.74) is 1.80. The van der Waals surface area contributed by atoms with Crippen molar-refractivity contribution in [2.75, 3.05) is 29.9 Å². The quantitative estimate of drug-likeness (QED) is 0.675. The molecule has 0 saturated carbocycles. The number of carbonyl (C=O) groups is 2. The summed E-state index contributed by atoms with van der Waals surface area (Å²) in [5.74, 6) is -0.364. The average Bonchev–Trinajstić information content (AvgIpc) is 2.84. The van der Waals surface area contributed by atoms with E-state index >= 15 is 0 Å². The van der Waals surface area contributed by atoms with E-state index in [1.54, 1.807) is 17.9 Å². The van der Waals surface area contributed by atoms with E-state index in [4.69, 9.17) is 4.74 Å². The lowest BCUT2D eigenvalue weighted by molar-refractivity contribution is -0.124. The van der Waals surface area contributed by atoms with E-state index in [2.05, 4.69) is 5.32 Å². The van der Waals surface area contributed by atoms with Gasteiger partial charge in [-0.3, -0.25) is 9.59 Å². The van der Waals surface area contributed by atoms with Crippen molar-refractivity contribution in [2.45, 2.75) is 51.0 Å². The van der Waals surface area contributed by atoms with E-state index in [1.165, 1.54) is 10.4 Å². The molecule has 34 heavy (non-hydrogen) atoms. The van der Waals surface area contributed by atoms with Crippen LogP contribution in [0.3, 0.4) is 0 Å². The van der Waals surface area contributed by atoms with Crippen molar-refractivity contribution >= 4 is 33.2 Å². The van der Waals surface area contributed by atoms with Gasteiger partial charge in [0, 0.05) is 31.4 Å². The normalized spacial score (nSPS) is 20.7. The van der Waals surface area contributed by atoms with Gasteiger partial charge in [-0.2, -0.15) is 4.31 Å². The average molecular weight is 486 g/mol. The van der Waals surface area contributed by atoms with Crippen LogP contribution in [0.1, 0.15) is 38.7 Å². The van der Waals surface area contributed by atoms with Gasteiger partial charge < -0.3 is 15.0 Å². The van der Waals surface area contributed by atoms with Gasteiger partial charge in [0.05, 0.1) is 16.5 Å². The van der Waals surface area contributed by atoms with Gasteiger partial charge in [0.25, 0.3) is 5.91 Å². The number of aryl methyl sites for hydroxylation is 1. The Morgan fingerprint density at radius 2 is 1.94 bits per heavy atom. The largest absolute Gasteiger partial charge is 0.478 e. The molecule has 0 bridgehead atoms. The number of piperidine rings is 1. The van der Waals surface area contributed by atoms with Gasteiger partial charge in [-0.15, -0.1) is 0 Å². The fourth-order valence-corrected chi connectivity index (χ4v) is 6.37. The zero-order chi connectivity index (χ0) is 24.5. The smallest absolute Gasteiger partial charge is 0.265 e. The number of fused-ring (bicyclic) bond motifs is 1. The molecule has 1 fully saturated rings. The van der Waals surface area contributed by atoms with Crippen molar-refractivity contribution in [3.8, 4) is 5.75 Å². The predicted octanol–water partition coefficient (Wildman–Crippen LogP) is 3.56. The highest BCUT2D eigenvalue weighted by Gasteiger charge is 2.37. The predicted molar refractivity (Wildman–Crippen MR) is 130 cm³/mol. The molecule has 2 aromatic rings. The molecule has 2 aromatic carbocycles. The Labute approximate surface area is 200 Å². The Hall–Kier alpha value is -2.91. The first-order chi connectivity index (χ1) is 16.3. The zero-order valence-corrected chi connectivity index (χ0v) is 20.6. The second-order valence-corrected chi connectivity index (χ2v) is 10.6. The first-order valence-corrected chi connectivity index (χ1v) is 13.2. The summed E-state index contributed by atoms with van der Waals surface area (Å²) in [6, 6.07) is 12.6. The van der Waals surface area contributed by atoms with Crippen molar-refractivity contribution in [1.82, 2.24) is 4.31 Å². The summed E-state index contributed by atoms with van der Waals surface area (Å²) in [5, 5.41) is 2.79. The van der Waals surface area contributed by atoms with Gasteiger partial charge in [0.15, 0.2) is 6.10 Å². The lowest BCUT2D eigenvalue weighted by atomic mass is 9.97. The van der Waals surface area contributed by atoms with Crippen LogP contribution in [-0.4, -0.2) is 50.3 Å². The third-order valence-electron chi connectivity index (χ3n) is 6.47. The molecule has 4 rings (SSSR count). The third-order valence-corrected chi connectivity index (χ3v) is 8.48. The van der Waals surface area contributed by atoms with Crippen LogP contribution in [0.2, 0.25) is 0 Å². The molecule has 2 aliphatic heterocycles. The van der Waals surface area contributed by atoms with Crippen molar-refractivity contribution in [1.29, 1.82) is 0 Å². The highest BCUT2D eigenvalue weighted by molar-refractivity contribution is 7.89. The van der Waals surface area contributed by atoms with E-state index in [0.717, 1.165) is 5.69 Å². The number of hydrogen-bond donors (Lipinski definition) is 1. The Balaban J connectivity index is 1.58. The first-order valence-electron chi connectivity index (χ1n) is 11.7. The van der Waals surface area contributed by atoms with Gasteiger partial charge in [-0.25, -0.2) is 8.42 Å². The third kappa shape index (κ3) is 4.54. The number of para-hydroxylation sites is 1. The van der Waals surface area contributed by atoms with Crippen molar-refractivity contribution < 1.29 is 22.7 Å². The zero-order valence-electron chi connectivity index (χ0n) is 19.8. The van der Waals surface area contributed by atoms with E-state index in [0.29, 0.717) is 49.4 Å². The second kappa shape index (κ2) is 9.76. The molecular formula is C25H31N3O5S. The molecule has 0 aliphatic carbocycles. The van der Waals surface area contributed by atoms with E-state index < -0.39 is 22.0 Å². The standard InChI is InChI=1S/C25H31N3O5S/c1-4-21-24(29)26-20-14-17(3)23(15-22(20)33-21)34(31,32)27-13-9-10-18(16-27)25(30)28(5-2)19-11-7-6-8-12-19/h6-8,11-12,14-15,18,21H,4-5,9-10,13,16H2,1-3H3,(H,26,29). The summed E-state index contributed by atoms with van der Waals surface area (Å²) >= 11 is 0. The highest BCUT2D eigenvalue weighted by Crippen LogP contribution is 2.37. The summed E-state index contributed by atoms with van der Waals surface area (Å²) in [6.45, 7) is 6.46. The number of nitrogens with one attached hydrogen (secondary N) is 1. The summed E-state index contributed by atoms with van der Waals surface area (Å²) in [4.78, 5) is 27.3. The molecule has 9 heteroatoms. The van der Waals surface area contributed by atoms with Crippen LogP contribution in [0.15, 0.2) is 47.4 Å². The number of nitrogens with zero attached hydrogens (tertiary/aromatic N) is 2. The molecule has 2 amide bonds. The molecular weight excluding hydrogens is 454 g/mol.